The lowest BCUT2D eigenvalue weighted by Crippen LogP contribution is -1.96. The van der Waals surface area contributed by atoms with Crippen LogP contribution in [0.2, 0.25) is 0 Å². The molecule has 2 N–H and O–H groups in total. The summed E-state index contributed by atoms with van der Waals surface area (Å²) in [7, 11) is 0. The molecule has 0 aliphatic rings. The number of hydrogen-bond donors (Lipinski definition) is 2. The normalized spacial score (nSPS) is 10.6. The van der Waals surface area contributed by atoms with Gasteiger partial charge in [-0.25, -0.2) is 9.78 Å². The Bertz CT molecular complexity index is 995. The second-order valence-electron chi connectivity index (χ2n) is 6.14. The number of carbonyl (C=O) groups is 1. The predicted octanol–water partition coefficient (Wildman–Crippen LogP) is 6.85. The number of rotatable bonds is 5. The smallest absolute Gasteiger partial charge is 0.346 e. The Kier molecular flexibility index (Phi) is 7.13. The molecular formula is C19H21BrN2O2S3. The number of benzene rings is 1. The molecule has 0 spiro atoms. The fourth-order valence-electron chi connectivity index (χ4n) is 2.79. The average Bonchev–Trinajstić information content (AvgIpc) is 3.16. The van der Waals surface area contributed by atoms with Gasteiger partial charge in [0.2, 0.25) is 0 Å². The first-order chi connectivity index (χ1) is 12.3. The summed E-state index contributed by atoms with van der Waals surface area (Å²) in [4.78, 5) is 16.6. The molecule has 0 unspecified atom stereocenters. The third-order valence-corrected chi connectivity index (χ3v) is 7.49. The number of hydrogen-bond acceptors (Lipinski definition) is 6. The SMILES string of the molecule is Br.CSc1sc(C(=O)O)c(C)c1-c1csc(Nc2cc(C)c(C)cc2C)n1. The summed E-state index contributed by atoms with van der Waals surface area (Å²) in [5.74, 6) is -0.881. The lowest BCUT2D eigenvalue weighted by atomic mass is 10.1. The largest absolute Gasteiger partial charge is 0.477 e. The topological polar surface area (TPSA) is 62.2 Å². The van der Waals surface area contributed by atoms with E-state index in [0.29, 0.717) is 4.88 Å². The molecule has 2 heterocycles. The molecule has 2 aromatic heterocycles. The van der Waals surface area contributed by atoms with Crippen molar-refractivity contribution in [1.29, 1.82) is 0 Å². The molecule has 0 fully saturated rings. The molecule has 0 saturated heterocycles. The van der Waals surface area contributed by atoms with Gasteiger partial charge in [-0.05, 0) is 62.3 Å². The number of nitrogens with zero attached hydrogens (tertiary/aromatic N) is 1. The van der Waals surface area contributed by atoms with Gasteiger partial charge in [-0.15, -0.1) is 51.4 Å². The summed E-state index contributed by atoms with van der Waals surface area (Å²) >= 11 is 4.41. The van der Waals surface area contributed by atoms with Crippen molar-refractivity contribution in [1.82, 2.24) is 4.98 Å². The molecule has 0 bridgehead atoms. The summed E-state index contributed by atoms with van der Waals surface area (Å²) in [6.45, 7) is 8.14. The number of carboxylic acid groups (broad SMARTS) is 1. The van der Waals surface area contributed by atoms with Gasteiger partial charge in [0.25, 0.3) is 0 Å². The van der Waals surface area contributed by atoms with E-state index in [2.05, 4.69) is 38.2 Å². The van der Waals surface area contributed by atoms with Crippen LogP contribution in [-0.2, 0) is 0 Å². The quantitative estimate of drug-likeness (QED) is 0.387. The van der Waals surface area contributed by atoms with Crippen LogP contribution in [0.3, 0.4) is 0 Å². The number of carboxylic acids is 1. The Morgan fingerprint density at radius 3 is 2.44 bits per heavy atom. The molecule has 3 aromatic rings. The molecular weight excluding hydrogens is 464 g/mol. The van der Waals surface area contributed by atoms with Crippen molar-refractivity contribution in [2.24, 2.45) is 0 Å². The van der Waals surface area contributed by atoms with E-state index in [1.54, 1.807) is 11.8 Å². The third kappa shape index (κ3) is 4.39. The minimum Gasteiger partial charge on any atom is -0.477 e. The first kappa shape index (κ1) is 21.9. The second-order valence-corrected chi connectivity index (χ2v) is 9.10. The number of thiophene rings is 1. The van der Waals surface area contributed by atoms with Crippen LogP contribution < -0.4 is 5.32 Å². The molecule has 0 saturated carbocycles. The fourth-order valence-corrected chi connectivity index (χ4v) is 5.43. The zero-order valence-electron chi connectivity index (χ0n) is 15.7. The van der Waals surface area contributed by atoms with Crippen molar-refractivity contribution in [2.75, 3.05) is 11.6 Å². The van der Waals surface area contributed by atoms with E-state index in [4.69, 9.17) is 4.98 Å². The van der Waals surface area contributed by atoms with Crippen LogP contribution in [0.4, 0.5) is 10.8 Å². The maximum atomic E-state index is 11.4. The second kappa shape index (κ2) is 8.77. The van der Waals surface area contributed by atoms with Crippen LogP contribution in [0.15, 0.2) is 21.7 Å². The third-order valence-electron chi connectivity index (χ3n) is 4.34. The monoisotopic (exact) mass is 484 g/mol. The number of aryl methyl sites for hydroxylation is 3. The van der Waals surface area contributed by atoms with Crippen LogP contribution >= 0.6 is 51.4 Å². The van der Waals surface area contributed by atoms with Crippen LogP contribution in [0.5, 0.6) is 0 Å². The molecule has 0 atom stereocenters. The van der Waals surface area contributed by atoms with E-state index < -0.39 is 5.97 Å². The Balaban J connectivity index is 0.00000261. The van der Waals surface area contributed by atoms with E-state index in [0.717, 1.165) is 31.8 Å². The van der Waals surface area contributed by atoms with Crippen LogP contribution in [0.1, 0.15) is 31.9 Å². The zero-order valence-corrected chi connectivity index (χ0v) is 19.8. The van der Waals surface area contributed by atoms with E-state index in [1.807, 2.05) is 18.6 Å². The summed E-state index contributed by atoms with van der Waals surface area (Å²) in [5, 5.41) is 15.6. The van der Waals surface area contributed by atoms with Gasteiger partial charge >= 0.3 is 5.97 Å². The van der Waals surface area contributed by atoms with Crippen molar-refractivity contribution in [3.63, 3.8) is 0 Å². The molecule has 0 amide bonds. The van der Waals surface area contributed by atoms with Crippen molar-refractivity contribution < 1.29 is 9.90 Å². The Labute approximate surface area is 181 Å². The molecule has 0 aliphatic carbocycles. The van der Waals surface area contributed by atoms with Gasteiger partial charge in [0.1, 0.15) is 4.88 Å². The highest BCUT2D eigenvalue weighted by Gasteiger charge is 2.22. The molecule has 27 heavy (non-hydrogen) atoms. The van der Waals surface area contributed by atoms with E-state index >= 15 is 0 Å². The van der Waals surface area contributed by atoms with Crippen molar-refractivity contribution >= 4 is 68.2 Å². The summed E-state index contributed by atoms with van der Waals surface area (Å²) in [6.07, 6.45) is 1.96. The minimum absolute atomic E-state index is 0. The first-order valence-corrected chi connectivity index (χ1v) is 10.9. The number of anilines is 2. The van der Waals surface area contributed by atoms with E-state index in [-0.39, 0.29) is 17.0 Å². The summed E-state index contributed by atoms with van der Waals surface area (Å²) < 4.78 is 0.985. The van der Waals surface area contributed by atoms with Crippen molar-refractivity contribution in [2.45, 2.75) is 31.9 Å². The molecule has 3 rings (SSSR count). The Hall–Kier alpha value is -1.35. The minimum atomic E-state index is -0.881. The van der Waals surface area contributed by atoms with Gasteiger partial charge in [-0.3, -0.25) is 0 Å². The Morgan fingerprint density at radius 2 is 1.81 bits per heavy atom. The van der Waals surface area contributed by atoms with Crippen LogP contribution in [0.25, 0.3) is 11.3 Å². The van der Waals surface area contributed by atoms with Crippen LogP contribution in [0, 0.1) is 27.7 Å². The lowest BCUT2D eigenvalue weighted by molar-refractivity contribution is 0.0701. The number of nitrogens with one attached hydrogen (secondary N) is 1. The first-order valence-electron chi connectivity index (χ1n) is 8.03. The zero-order chi connectivity index (χ0) is 19.0. The van der Waals surface area contributed by atoms with Gasteiger partial charge in [-0.1, -0.05) is 6.07 Å². The van der Waals surface area contributed by atoms with Gasteiger partial charge in [0, 0.05) is 16.6 Å². The van der Waals surface area contributed by atoms with Gasteiger partial charge in [0.15, 0.2) is 5.13 Å². The maximum Gasteiger partial charge on any atom is 0.346 e. The highest BCUT2D eigenvalue weighted by Crippen LogP contribution is 2.42. The molecule has 0 aliphatic heterocycles. The number of thioether (sulfide) groups is 1. The van der Waals surface area contributed by atoms with Gasteiger partial charge in [0.05, 0.1) is 9.90 Å². The lowest BCUT2D eigenvalue weighted by Gasteiger charge is -2.10. The number of thiazole rings is 1. The highest BCUT2D eigenvalue weighted by molar-refractivity contribution is 8.93. The Morgan fingerprint density at radius 1 is 1.15 bits per heavy atom. The fraction of sp³-hybridized carbons (Fsp3) is 0.263. The van der Waals surface area contributed by atoms with Crippen molar-refractivity contribution in [3.05, 3.63) is 44.6 Å². The molecule has 8 heteroatoms. The van der Waals surface area contributed by atoms with Crippen molar-refractivity contribution in [3.8, 4) is 11.3 Å². The van der Waals surface area contributed by atoms with Crippen LogP contribution in [-0.4, -0.2) is 22.3 Å². The van der Waals surface area contributed by atoms with E-state index in [1.165, 1.54) is 39.4 Å². The number of aromatic nitrogens is 1. The predicted molar refractivity (Wildman–Crippen MR) is 123 cm³/mol. The maximum absolute atomic E-state index is 11.4. The highest BCUT2D eigenvalue weighted by atomic mass is 79.9. The molecule has 144 valence electrons. The number of halogens is 1. The number of aromatic carboxylic acids is 1. The molecule has 4 nitrogen and oxygen atoms in total. The van der Waals surface area contributed by atoms with E-state index in [9.17, 15) is 9.90 Å². The molecule has 1 aromatic carbocycles. The summed E-state index contributed by atoms with van der Waals surface area (Å²) in [6, 6.07) is 4.30. The average molecular weight is 485 g/mol. The van der Waals surface area contributed by atoms with Gasteiger partial charge in [-0.2, -0.15) is 0 Å². The molecule has 0 radical (unpaired) electrons. The summed E-state index contributed by atoms with van der Waals surface area (Å²) in [5.41, 5.74) is 7.27. The standard InChI is InChI=1S/C19H20N2O2S3.BrH/c1-9-6-11(3)13(7-10(9)2)20-19-21-14(8-25-19)15-12(4)16(17(22)23)26-18(15)24-5;/h6-8H,1-5H3,(H,20,21)(H,22,23);1H. The van der Waals surface area contributed by atoms with Gasteiger partial charge < -0.3 is 10.4 Å².